The van der Waals surface area contributed by atoms with Gasteiger partial charge in [0.2, 0.25) is 0 Å². The van der Waals surface area contributed by atoms with E-state index in [0.29, 0.717) is 35.2 Å². The van der Waals surface area contributed by atoms with E-state index >= 15 is 0 Å². The Labute approximate surface area is 182 Å². The van der Waals surface area contributed by atoms with E-state index in [4.69, 9.17) is 14.2 Å². The van der Waals surface area contributed by atoms with Crippen LogP contribution in [0.4, 0.5) is 10.5 Å². The van der Waals surface area contributed by atoms with E-state index in [9.17, 15) is 4.79 Å². The third kappa shape index (κ3) is 6.01. The van der Waals surface area contributed by atoms with E-state index in [2.05, 4.69) is 36.4 Å². The second-order valence-corrected chi connectivity index (χ2v) is 8.35. The maximum atomic E-state index is 12.1. The minimum absolute atomic E-state index is 0.179. The molecular weight excluding hydrogens is 394 g/mol. The van der Waals surface area contributed by atoms with Crippen LogP contribution in [-0.2, 0) is 0 Å². The van der Waals surface area contributed by atoms with Crippen molar-refractivity contribution in [2.75, 3.05) is 26.1 Å². The van der Waals surface area contributed by atoms with Gasteiger partial charge in [0.05, 0.1) is 19.7 Å². The molecule has 0 atom stereocenters. The van der Waals surface area contributed by atoms with E-state index in [0.717, 1.165) is 17.3 Å². The summed E-state index contributed by atoms with van der Waals surface area (Å²) in [6.07, 6.45) is 2.59. The lowest BCUT2D eigenvalue weighted by atomic mass is 9.92. The Kier molecular flexibility index (Phi) is 6.84. The van der Waals surface area contributed by atoms with Gasteiger partial charge in [-0.25, -0.2) is 4.79 Å². The number of pyridine rings is 1. The monoisotopic (exact) mass is 423 g/mol. The number of methoxy groups -OCH3 is 2. The fraction of sp³-hybridized carbons (Fsp3) is 0.333. The second-order valence-electron chi connectivity index (χ2n) is 8.35. The van der Waals surface area contributed by atoms with Crippen molar-refractivity contribution in [1.82, 2.24) is 10.3 Å². The molecule has 0 aliphatic heterocycles. The number of aromatic nitrogens is 1. The zero-order chi connectivity index (χ0) is 22.4. The molecule has 0 bridgehead atoms. The van der Waals surface area contributed by atoms with Gasteiger partial charge in [-0.2, -0.15) is 0 Å². The number of urea groups is 1. The molecule has 0 spiro atoms. The summed E-state index contributed by atoms with van der Waals surface area (Å²) in [7, 11) is 3.18. The average Bonchev–Trinajstić information content (AvgIpc) is 2.73. The molecule has 0 aliphatic rings. The first-order valence-electron chi connectivity index (χ1n) is 10.1. The summed E-state index contributed by atoms with van der Waals surface area (Å²) in [5.74, 6) is 2.49. The van der Waals surface area contributed by atoms with Crippen LogP contribution < -0.4 is 24.8 Å². The Morgan fingerprint density at radius 3 is 2.29 bits per heavy atom. The minimum atomic E-state index is -0.223. The molecule has 7 nitrogen and oxygen atoms in total. The number of carbonyl (C=O) groups excluding carboxylic acids is 1. The van der Waals surface area contributed by atoms with Gasteiger partial charge in [-0.05, 0) is 48.2 Å². The van der Waals surface area contributed by atoms with Crippen LogP contribution in [0.5, 0.6) is 23.0 Å². The highest BCUT2D eigenvalue weighted by atomic mass is 16.5. The Hall–Kier alpha value is -3.48. The smallest absolute Gasteiger partial charge is 0.319 e. The molecule has 0 saturated carbocycles. The van der Waals surface area contributed by atoms with Crippen molar-refractivity contribution in [1.29, 1.82) is 0 Å². The van der Waals surface area contributed by atoms with Crippen molar-refractivity contribution in [3.8, 4) is 23.0 Å². The molecule has 0 saturated heterocycles. The molecule has 0 fully saturated rings. The highest BCUT2D eigenvalue weighted by Gasteiger charge is 2.12. The predicted molar refractivity (Wildman–Crippen MR) is 122 cm³/mol. The van der Waals surface area contributed by atoms with Crippen LogP contribution >= 0.6 is 0 Å². The molecular formula is C24H29N3O4. The van der Waals surface area contributed by atoms with Crippen molar-refractivity contribution < 1.29 is 19.0 Å². The van der Waals surface area contributed by atoms with E-state index in [1.807, 2.05) is 12.1 Å². The number of rotatable bonds is 7. The maximum Gasteiger partial charge on any atom is 0.319 e. The van der Waals surface area contributed by atoms with Crippen LogP contribution in [0, 0.1) is 5.41 Å². The molecule has 0 radical (unpaired) electrons. The summed E-state index contributed by atoms with van der Waals surface area (Å²) in [5, 5.41) is 6.51. The van der Waals surface area contributed by atoms with Gasteiger partial charge in [0.25, 0.3) is 0 Å². The first-order chi connectivity index (χ1) is 14.8. The highest BCUT2D eigenvalue weighted by molar-refractivity contribution is 5.89. The Morgan fingerprint density at radius 2 is 1.65 bits per heavy atom. The number of anilines is 1. The van der Waals surface area contributed by atoms with Crippen molar-refractivity contribution in [3.05, 3.63) is 48.7 Å². The van der Waals surface area contributed by atoms with Crippen molar-refractivity contribution >= 4 is 22.6 Å². The molecule has 2 aromatic carbocycles. The molecule has 2 amide bonds. The first kappa shape index (κ1) is 22.2. The minimum Gasteiger partial charge on any atom is -0.493 e. The summed E-state index contributed by atoms with van der Waals surface area (Å²) in [6.45, 7) is 7.05. The Morgan fingerprint density at radius 1 is 0.968 bits per heavy atom. The third-order valence-electron chi connectivity index (χ3n) is 4.71. The number of nitrogens with zero attached hydrogens (tertiary/aromatic N) is 1. The third-order valence-corrected chi connectivity index (χ3v) is 4.71. The largest absolute Gasteiger partial charge is 0.493 e. The van der Waals surface area contributed by atoms with E-state index in [1.165, 1.54) is 0 Å². The van der Waals surface area contributed by atoms with E-state index in [1.54, 1.807) is 50.7 Å². The number of carbonyl (C=O) groups is 1. The molecule has 2 N–H and O–H groups in total. The zero-order valence-corrected chi connectivity index (χ0v) is 18.6. The molecule has 7 heteroatoms. The van der Waals surface area contributed by atoms with Crippen molar-refractivity contribution in [2.45, 2.75) is 27.2 Å². The SMILES string of the molecule is COc1cc2nccc(Oc3ccc(NC(=O)NCCC(C)(C)C)cc3)c2cc1OC. The fourth-order valence-corrected chi connectivity index (χ4v) is 3.00. The molecule has 31 heavy (non-hydrogen) atoms. The lowest BCUT2D eigenvalue weighted by molar-refractivity contribution is 0.250. The number of nitrogens with one attached hydrogen (secondary N) is 2. The first-order valence-corrected chi connectivity index (χ1v) is 10.1. The van der Waals surface area contributed by atoms with Gasteiger partial charge in [0.15, 0.2) is 11.5 Å². The van der Waals surface area contributed by atoms with Crippen LogP contribution in [0.1, 0.15) is 27.2 Å². The van der Waals surface area contributed by atoms with Gasteiger partial charge in [-0.1, -0.05) is 20.8 Å². The standard InChI is InChI=1S/C24H29N3O4/c1-24(2,3)11-13-26-23(28)27-16-6-8-17(9-7-16)31-20-10-12-25-19-15-22(30-5)21(29-4)14-18(19)20/h6-10,12,14-15H,11,13H2,1-5H3,(H2,26,27,28). The number of ether oxygens (including phenoxy) is 3. The summed E-state index contributed by atoms with van der Waals surface area (Å²) >= 11 is 0. The lowest BCUT2D eigenvalue weighted by Gasteiger charge is -2.18. The van der Waals surface area contributed by atoms with Gasteiger partial charge in [0.1, 0.15) is 11.5 Å². The van der Waals surface area contributed by atoms with Crippen LogP contribution in [-0.4, -0.2) is 31.8 Å². The summed E-state index contributed by atoms with van der Waals surface area (Å²) in [4.78, 5) is 16.4. The number of hydrogen-bond acceptors (Lipinski definition) is 5. The number of hydrogen-bond donors (Lipinski definition) is 2. The molecule has 1 aromatic heterocycles. The second kappa shape index (κ2) is 9.55. The number of fused-ring (bicyclic) bond motifs is 1. The quantitative estimate of drug-likeness (QED) is 0.517. The molecule has 0 unspecified atom stereocenters. The van der Waals surface area contributed by atoms with E-state index in [-0.39, 0.29) is 11.4 Å². The molecule has 164 valence electrons. The van der Waals surface area contributed by atoms with Gasteiger partial charge in [-0.3, -0.25) is 4.98 Å². The number of benzene rings is 2. The molecule has 3 aromatic rings. The van der Waals surface area contributed by atoms with Crippen LogP contribution in [0.25, 0.3) is 10.9 Å². The van der Waals surface area contributed by atoms with Crippen LogP contribution in [0.15, 0.2) is 48.7 Å². The summed E-state index contributed by atoms with van der Waals surface area (Å²) < 4.78 is 16.8. The van der Waals surface area contributed by atoms with Gasteiger partial charge >= 0.3 is 6.03 Å². The molecule has 3 rings (SSSR count). The predicted octanol–water partition coefficient (Wildman–Crippen LogP) is 5.60. The zero-order valence-electron chi connectivity index (χ0n) is 18.6. The fourth-order valence-electron chi connectivity index (χ4n) is 3.00. The van der Waals surface area contributed by atoms with Crippen LogP contribution in [0.2, 0.25) is 0 Å². The van der Waals surface area contributed by atoms with E-state index < -0.39 is 0 Å². The highest BCUT2D eigenvalue weighted by Crippen LogP contribution is 2.36. The van der Waals surface area contributed by atoms with Gasteiger partial charge < -0.3 is 24.8 Å². The van der Waals surface area contributed by atoms with Crippen molar-refractivity contribution in [2.24, 2.45) is 5.41 Å². The summed E-state index contributed by atoms with van der Waals surface area (Å²) in [6, 6.07) is 12.4. The molecule has 1 heterocycles. The maximum absolute atomic E-state index is 12.1. The van der Waals surface area contributed by atoms with Gasteiger partial charge in [0, 0.05) is 29.9 Å². The Bertz CT molecular complexity index is 1040. The lowest BCUT2D eigenvalue weighted by Crippen LogP contribution is -2.31. The average molecular weight is 424 g/mol. The molecule has 0 aliphatic carbocycles. The van der Waals surface area contributed by atoms with Crippen molar-refractivity contribution in [3.63, 3.8) is 0 Å². The normalized spacial score (nSPS) is 11.1. The summed E-state index contributed by atoms with van der Waals surface area (Å²) in [5.41, 5.74) is 1.60. The van der Waals surface area contributed by atoms with Gasteiger partial charge in [-0.15, -0.1) is 0 Å². The number of amides is 2. The van der Waals surface area contributed by atoms with Crippen LogP contribution in [0.3, 0.4) is 0 Å². The Balaban J connectivity index is 1.68. The topological polar surface area (TPSA) is 81.7 Å².